The molecule has 0 saturated heterocycles. The number of nitrogens with zero attached hydrogens (tertiary/aromatic N) is 4. The third-order valence-corrected chi connectivity index (χ3v) is 7.74. The number of fused-ring (bicyclic) bond motifs is 1. The fourth-order valence-corrected chi connectivity index (χ4v) is 5.63. The molecule has 0 atom stereocenters. The Kier molecular flexibility index (Phi) is 8.15. The van der Waals surface area contributed by atoms with Gasteiger partial charge in [-0.2, -0.15) is 13.2 Å². The molecule has 1 aliphatic carbocycles. The Morgan fingerprint density at radius 3 is 2.50 bits per heavy atom. The molecule has 0 amide bonds. The molecule has 0 aliphatic heterocycles. The number of halogens is 3. The predicted molar refractivity (Wildman–Crippen MR) is 146 cm³/mol. The van der Waals surface area contributed by atoms with Gasteiger partial charge in [-0.15, -0.1) is 0 Å². The highest BCUT2D eigenvalue weighted by atomic mass is 19.4. The lowest BCUT2D eigenvalue weighted by Gasteiger charge is -2.33. The number of para-hydroxylation sites is 1. The number of hydrogen-bond donors (Lipinski definition) is 0. The average Bonchev–Trinajstić information content (AvgIpc) is 3.30. The van der Waals surface area contributed by atoms with Crippen LogP contribution in [0.2, 0.25) is 0 Å². The molecule has 200 valence electrons. The second kappa shape index (κ2) is 11.7. The molecule has 7 heteroatoms. The Hall–Kier alpha value is -3.16. The smallest absolute Gasteiger partial charge is 0.316 e. The molecule has 1 aliphatic rings. The van der Waals surface area contributed by atoms with Crippen molar-refractivity contribution in [3.8, 4) is 5.69 Å². The summed E-state index contributed by atoms with van der Waals surface area (Å²) in [7, 11) is 2.23. The van der Waals surface area contributed by atoms with Gasteiger partial charge in [0.15, 0.2) is 0 Å². The molecule has 5 rings (SSSR count). The second-order valence-corrected chi connectivity index (χ2v) is 10.4. The average molecular weight is 521 g/mol. The van der Waals surface area contributed by atoms with Gasteiger partial charge in [-0.25, -0.2) is 0 Å². The minimum Gasteiger partial charge on any atom is -0.316 e. The van der Waals surface area contributed by atoms with E-state index in [-0.39, 0.29) is 0 Å². The SMILES string of the molecule is CN(CCN(Cc1cccnc1)Cc1cn(-c2cccc(C(F)(F)F)c2)c2ccccc12)C1CCCCC1. The van der Waals surface area contributed by atoms with E-state index in [4.69, 9.17) is 0 Å². The highest BCUT2D eigenvalue weighted by molar-refractivity contribution is 5.85. The Bertz CT molecular complexity index is 1330. The summed E-state index contributed by atoms with van der Waals surface area (Å²) >= 11 is 0. The van der Waals surface area contributed by atoms with Crippen LogP contribution in [0.25, 0.3) is 16.6 Å². The van der Waals surface area contributed by atoms with Crippen molar-refractivity contribution in [2.45, 2.75) is 57.4 Å². The summed E-state index contributed by atoms with van der Waals surface area (Å²) in [6.07, 6.45) is 7.80. The molecule has 0 unspecified atom stereocenters. The summed E-state index contributed by atoms with van der Waals surface area (Å²) in [6.45, 7) is 3.32. The third-order valence-electron chi connectivity index (χ3n) is 7.74. The first kappa shape index (κ1) is 26.4. The van der Waals surface area contributed by atoms with Crippen molar-refractivity contribution < 1.29 is 13.2 Å². The first-order valence-electron chi connectivity index (χ1n) is 13.5. The Morgan fingerprint density at radius 1 is 0.921 bits per heavy atom. The number of likely N-dealkylation sites (N-methyl/N-ethyl adjacent to an activating group) is 1. The van der Waals surface area contributed by atoms with Crippen LogP contribution in [0.5, 0.6) is 0 Å². The summed E-state index contributed by atoms with van der Waals surface area (Å²) in [4.78, 5) is 9.23. The van der Waals surface area contributed by atoms with E-state index in [0.29, 0.717) is 18.3 Å². The number of alkyl halides is 3. The van der Waals surface area contributed by atoms with Gasteiger partial charge in [0, 0.05) is 61.9 Å². The van der Waals surface area contributed by atoms with Gasteiger partial charge in [-0.05, 0) is 61.3 Å². The number of pyridine rings is 1. The Morgan fingerprint density at radius 2 is 1.74 bits per heavy atom. The zero-order valence-electron chi connectivity index (χ0n) is 21.9. The van der Waals surface area contributed by atoms with Gasteiger partial charge >= 0.3 is 6.18 Å². The monoisotopic (exact) mass is 520 g/mol. The van der Waals surface area contributed by atoms with E-state index in [0.717, 1.165) is 47.7 Å². The van der Waals surface area contributed by atoms with Crippen LogP contribution in [0.3, 0.4) is 0 Å². The Balaban J connectivity index is 1.43. The maximum atomic E-state index is 13.4. The molecule has 38 heavy (non-hydrogen) atoms. The van der Waals surface area contributed by atoms with Crippen LogP contribution in [-0.2, 0) is 19.3 Å². The van der Waals surface area contributed by atoms with E-state index in [1.54, 1.807) is 12.3 Å². The number of benzene rings is 2. The maximum Gasteiger partial charge on any atom is 0.416 e. The fraction of sp³-hybridized carbons (Fsp3) is 0.387. The Labute approximate surface area is 222 Å². The van der Waals surface area contributed by atoms with Crippen molar-refractivity contribution in [3.05, 3.63) is 95.9 Å². The van der Waals surface area contributed by atoms with Gasteiger partial charge in [0.25, 0.3) is 0 Å². The van der Waals surface area contributed by atoms with E-state index in [1.807, 2.05) is 41.2 Å². The van der Waals surface area contributed by atoms with Crippen molar-refractivity contribution in [3.63, 3.8) is 0 Å². The minimum atomic E-state index is -4.38. The highest BCUT2D eigenvalue weighted by Gasteiger charge is 2.30. The van der Waals surface area contributed by atoms with Crippen molar-refractivity contribution >= 4 is 10.9 Å². The van der Waals surface area contributed by atoms with Crippen LogP contribution in [0, 0.1) is 0 Å². The van der Waals surface area contributed by atoms with Crippen molar-refractivity contribution in [1.29, 1.82) is 0 Å². The highest BCUT2D eigenvalue weighted by Crippen LogP contribution is 2.32. The second-order valence-electron chi connectivity index (χ2n) is 10.4. The van der Waals surface area contributed by atoms with Crippen LogP contribution in [0.4, 0.5) is 13.2 Å². The molecule has 2 heterocycles. The van der Waals surface area contributed by atoms with Gasteiger partial charge < -0.3 is 9.47 Å². The molecule has 2 aromatic carbocycles. The topological polar surface area (TPSA) is 24.3 Å². The zero-order chi connectivity index (χ0) is 26.5. The van der Waals surface area contributed by atoms with E-state index in [2.05, 4.69) is 34.0 Å². The van der Waals surface area contributed by atoms with E-state index >= 15 is 0 Å². The predicted octanol–water partition coefficient (Wildman–Crippen LogP) is 7.31. The zero-order valence-corrected chi connectivity index (χ0v) is 21.9. The standard InChI is InChI=1S/C31H35F3N4/c1-36(27-11-3-2-4-12-27)17-18-37(21-24-9-8-16-35-20-24)22-25-23-38(30-15-6-5-14-29(25)30)28-13-7-10-26(19-28)31(32,33)34/h5-10,13-16,19-20,23,27H,2-4,11-12,17-18,21-22H2,1H3. The van der Waals surface area contributed by atoms with Crippen molar-refractivity contribution in [1.82, 2.24) is 19.4 Å². The largest absolute Gasteiger partial charge is 0.416 e. The minimum absolute atomic E-state index is 0.512. The first-order chi connectivity index (χ1) is 18.4. The first-order valence-corrected chi connectivity index (χ1v) is 13.5. The van der Waals surface area contributed by atoms with Crippen LogP contribution < -0.4 is 0 Å². The lowest BCUT2D eigenvalue weighted by atomic mass is 9.94. The van der Waals surface area contributed by atoms with Crippen LogP contribution in [0.15, 0.2) is 79.3 Å². The molecule has 0 bridgehead atoms. The summed E-state index contributed by atoms with van der Waals surface area (Å²) in [5.74, 6) is 0. The molecule has 0 spiro atoms. The van der Waals surface area contributed by atoms with Crippen LogP contribution >= 0.6 is 0 Å². The number of hydrogen-bond acceptors (Lipinski definition) is 3. The van der Waals surface area contributed by atoms with Gasteiger partial charge in [-0.1, -0.05) is 49.6 Å². The quantitative estimate of drug-likeness (QED) is 0.231. The van der Waals surface area contributed by atoms with Gasteiger partial charge in [0.2, 0.25) is 0 Å². The van der Waals surface area contributed by atoms with Gasteiger partial charge in [-0.3, -0.25) is 9.88 Å². The van der Waals surface area contributed by atoms with Crippen molar-refractivity contribution in [2.24, 2.45) is 0 Å². The maximum absolute atomic E-state index is 13.4. The summed E-state index contributed by atoms with van der Waals surface area (Å²) in [5.41, 5.74) is 3.02. The molecular weight excluding hydrogens is 485 g/mol. The normalized spacial score (nSPS) is 15.1. The van der Waals surface area contributed by atoms with Crippen LogP contribution in [-0.4, -0.2) is 45.5 Å². The van der Waals surface area contributed by atoms with E-state index in [9.17, 15) is 13.2 Å². The molecule has 4 aromatic rings. The summed E-state index contributed by atoms with van der Waals surface area (Å²) < 4.78 is 42.2. The number of aromatic nitrogens is 2. The fourth-order valence-electron chi connectivity index (χ4n) is 5.63. The van der Waals surface area contributed by atoms with E-state index in [1.165, 1.54) is 44.2 Å². The molecule has 0 radical (unpaired) electrons. The van der Waals surface area contributed by atoms with Gasteiger partial charge in [0.1, 0.15) is 0 Å². The summed E-state index contributed by atoms with van der Waals surface area (Å²) in [6, 6.07) is 18.2. The lowest BCUT2D eigenvalue weighted by molar-refractivity contribution is -0.137. The molecular formula is C31H35F3N4. The molecule has 2 aromatic heterocycles. The van der Waals surface area contributed by atoms with Crippen LogP contribution in [0.1, 0.15) is 48.8 Å². The lowest BCUT2D eigenvalue weighted by Crippen LogP contribution is -2.39. The molecule has 1 fully saturated rings. The molecule has 4 nitrogen and oxygen atoms in total. The third kappa shape index (κ3) is 6.27. The summed E-state index contributed by atoms with van der Waals surface area (Å²) in [5, 5.41) is 1.06. The van der Waals surface area contributed by atoms with E-state index < -0.39 is 11.7 Å². The van der Waals surface area contributed by atoms with Gasteiger partial charge in [0.05, 0.1) is 11.1 Å². The van der Waals surface area contributed by atoms with Crippen molar-refractivity contribution in [2.75, 3.05) is 20.1 Å². The molecule has 0 N–H and O–H groups in total. The number of rotatable bonds is 9. The molecule has 1 saturated carbocycles.